The quantitative estimate of drug-likeness (QED) is 0.0862. The van der Waals surface area contributed by atoms with Crippen molar-refractivity contribution in [3.8, 4) is 0 Å². The molecule has 2 rings (SSSR count). The van der Waals surface area contributed by atoms with Crippen molar-refractivity contribution in [1.82, 2.24) is 5.32 Å². The predicted octanol–water partition coefficient (Wildman–Crippen LogP) is 9.77. The summed E-state index contributed by atoms with van der Waals surface area (Å²) in [5, 5.41) is 3.24. The smallest absolute Gasteiger partial charge is 0.408 e. The van der Waals surface area contributed by atoms with Crippen molar-refractivity contribution < 1.29 is 37.1 Å². The standard InChI is InChI=1S/C40H76N2O8SSi3/c1-15-52(16-2,17-3)48-32-28-40(37(43)45-14,51-31-26-24-30(10)25-27-31)46-36(34(32)42-38(44)47-39(11,12)13)35(50-54(21-7,22-8)23-9)33(29-41)49-53(18-4,19-5)20-6/h24-27,32-36H,15-23,28-29,41H2,1-14H3,(H,42,44)/t32-,33+,34+,35+,36+,40-/m0/s1. The van der Waals surface area contributed by atoms with Crippen molar-refractivity contribution in [2.24, 2.45) is 5.73 Å². The van der Waals surface area contributed by atoms with Crippen LogP contribution < -0.4 is 11.1 Å². The number of methoxy groups -OCH3 is 1. The van der Waals surface area contributed by atoms with Crippen LogP contribution in [0.4, 0.5) is 4.79 Å². The second-order valence-corrected chi connectivity index (χ2v) is 31.5. The maximum atomic E-state index is 14.4. The number of thioether (sulfide) groups is 1. The Bertz CT molecular complexity index is 1270. The first kappa shape index (κ1) is 48.9. The molecule has 0 radical (unpaired) electrons. The highest BCUT2D eigenvalue weighted by atomic mass is 32.2. The highest BCUT2D eigenvalue weighted by Gasteiger charge is 2.59. The summed E-state index contributed by atoms with van der Waals surface area (Å²) >= 11 is 1.33. The molecule has 10 nitrogen and oxygen atoms in total. The highest BCUT2D eigenvalue weighted by Crippen LogP contribution is 2.48. The van der Waals surface area contributed by atoms with Crippen LogP contribution in [0, 0.1) is 6.92 Å². The minimum absolute atomic E-state index is 0.139. The van der Waals surface area contributed by atoms with Gasteiger partial charge in [-0.05, 0) is 94.2 Å². The van der Waals surface area contributed by atoms with E-state index in [0.29, 0.717) is 0 Å². The number of benzene rings is 1. The lowest BCUT2D eigenvalue weighted by atomic mass is 9.89. The normalized spacial score (nSPS) is 22.4. The fraction of sp³-hybridized carbons (Fsp3) is 0.800. The van der Waals surface area contributed by atoms with Crippen LogP contribution in [0.5, 0.6) is 0 Å². The van der Waals surface area contributed by atoms with E-state index in [1.165, 1.54) is 18.9 Å². The Kier molecular flexibility index (Phi) is 19.5. The van der Waals surface area contributed by atoms with Crippen LogP contribution in [-0.2, 0) is 32.3 Å². The summed E-state index contributed by atoms with van der Waals surface area (Å²) in [7, 11) is -5.63. The van der Waals surface area contributed by atoms with Crippen LogP contribution in [0.15, 0.2) is 29.2 Å². The minimum atomic E-state index is -2.41. The molecule has 1 fully saturated rings. The maximum Gasteiger partial charge on any atom is 0.408 e. The largest absolute Gasteiger partial charge is 0.466 e. The molecule has 1 aromatic rings. The van der Waals surface area contributed by atoms with Crippen molar-refractivity contribution in [3.63, 3.8) is 0 Å². The number of nitrogens with two attached hydrogens (primary N) is 1. The van der Waals surface area contributed by atoms with Gasteiger partial charge in [0.25, 0.3) is 0 Å². The predicted molar refractivity (Wildman–Crippen MR) is 230 cm³/mol. The van der Waals surface area contributed by atoms with Crippen molar-refractivity contribution in [2.75, 3.05) is 13.7 Å². The van der Waals surface area contributed by atoms with E-state index in [0.717, 1.165) is 64.9 Å². The number of carbonyl (C=O) groups excluding carboxylic acids is 2. The van der Waals surface area contributed by atoms with Gasteiger partial charge in [-0.25, -0.2) is 9.59 Å². The molecule has 14 heteroatoms. The number of nitrogens with one attached hydrogen (secondary N) is 1. The first-order valence-electron chi connectivity index (χ1n) is 20.7. The zero-order valence-electron chi connectivity index (χ0n) is 36.2. The van der Waals surface area contributed by atoms with Gasteiger partial charge in [0.05, 0.1) is 31.5 Å². The average Bonchev–Trinajstić information content (AvgIpc) is 3.16. The minimum Gasteiger partial charge on any atom is -0.466 e. The average molecular weight is 829 g/mol. The Hall–Kier alpha value is -1.24. The first-order chi connectivity index (χ1) is 25.4. The van der Waals surface area contributed by atoms with Gasteiger partial charge in [0.2, 0.25) is 4.93 Å². The number of hydrogen-bond donors (Lipinski definition) is 2. The number of hydrogen-bond acceptors (Lipinski definition) is 10. The van der Waals surface area contributed by atoms with Crippen LogP contribution >= 0.6 is 11.8 Å². The summed E-state index contributed by atoms with van der Waals surface area (Å²) in [5.74, 6) is -0.521. The molecule has 3 N–H and O–H groups in total. The fourth-order valence-corrected chi connectivity index (χ4v) is 17.5. The molecule has 0 unspecified atom stereocenters. The van der Waals surface area contributed by atoms with E-state index in [4.69, 9.17) is 33.2 Å². The van der Waals surface area contributed by atoms with E-state index < -0.39 is 78.0 Å². The number of amides is 1. The Morgan fingerprint density at radius 2 is 1.33 bits per heavy atom. The third-order valence-electron chi connectivity index (χ3n) is 11.9. The van der Waals surface area contributed by atoms with Crippen molar-refractivity contribution in [3.05, 3.63) is 29.8 Å². The molecule has 0 aromatic heterocycles. The number of carbonyl (C=O) groups is 2. The molecule has 0 spiro atoms. The van der Waals surface area contributed by atoms with Crippen molar-refractivity contribution in [1.29, 1.82) is 0 Å². The van der Waals surface area contributed by atoms with Crippen LogP contribution in [0.25, 0.3) is 0 Å². The number of esters is 1. The van der Waals surface area contributed by atoms with Gasteiger partial charge in [-0.15, -0.1) is 0 Å². The molecule has 0 bridgehead atoms. The number of ether oxygens (including phenoxy) is 3. The summed E-state index contributed by atoms with van der Waals surface area (Å²) in [4.78, 5) is 27.7. The number of rotatable bonds is 22. The van der Waals surface area contributed by atoms with E-state index in [9.17, 15) is 9.59 Å². The van der Waals surface area contributed by atoms with Crippen molar-refractivity contribution >= 4 is 48.8 Å². The molecule has 1 heterocycles. The molecular weight excluding hydrogens is 753 g/mol. The highest BCUT2D eigenvalue weighted by molar-refractivity contribution is 8.01. The molecule has 1 aliphatic heterocycles. The third-order valence-corrected chi connectivity index (χ3v) is 27.2. The van der Waals surface area contributed by atoms with Crippen molar-refractivity contribution in [2.45, 2.75) is 197 Å². The molecule has 1 aromatic carbocycles. The third kappa shape index (κ3) is 12.4. The van der Waals surface area contributed by atoms with Gasteiger partial charge in [-0.3, -0.25) is 0 Å². The van der Waals surface area contributed by atoms with E-state index in [-0.39, 0.29) is 13.0 Å². The SMILES string of the molecule is CC[Si](CC)(CC)O[C@@H]([C@@H]1O[C@@](Sc2ccc(C)cc2)(C(=O)OC)C[C@H](O[Si](CC)(CC)CC)[C@H]1NC(=O)OC(C)(C)C)[C@@H](CN)O[Si](CC)(CC)CC. The van der Waals surface area contributed by atoms with Gasteiger partial charge in [0.1, 0.15) is 11.7 Å². The van der Waals surface area contributed by atoms with E-state index in [1.54, 1.807) is 0 Å². The van der Waals surface area contributed by atoms with Gasteiger partial charge < -0.3 is 38.5 Å². The van der Waals surface area contributed by atoms with E-state index in [2.05, 4.69) is 67.6 Å². The topological polar surface area (TPSA) is 128 Å². The van der Waals surface area contributed by atoms with Gasteiger partial charge in [0.15, 0.2) is 25.0 Å². The lowest BCUT2D eigenvalue weighted by Gasteiger charge is -2.53. The lowest BCUT2D eigenvalue weighted by Crippen LogP contribution is -2.70. The Balaban J connectivity index is 3.09. The van der Waals surface area contributed by atoms with Crippen LogP contribution in [0.2, 0.25) is 54.4 Å². The van der Waals surface area contributed by atoms with E-state index in [1.807, 2.05) is 52.0 Å². The van der Waals surface area contributed by atoms with E-state index >= 15 is 0 Å². The molecule has 54 heavy (non-hydrogen) atoms. The second-order valence-electron chi connectivity index (χ2n) is 16.0. The number of aryl methyl sites for hydroxylation is 1. The summed E-state index contributed by atoms with van der Waals surface area (Å²) in [6, 6.07) is 15.3. The van der Waals surface area contributed by atoms with Crippen LogP contribution in [0.1, 0.15) is 95.1 Å². The molecule has 1 saturated heterocycles. The van der Waals surface area contributed by atoms with Crippen LogP contribution in [0.3, 0.4) is 0 Å². The zero-order chi connectivity index (χ0) is 41.0. The van der Waals surface area contributed by atoms with Gasteiger partial charge in [0, 0.05) is 17.9 Å². The summed E-state index contributed by atoms with van der Waals surface area (Å²) in [5.41, 5.74) is 7.12. The molecule has 1 aliphatic rings. The molecule has 6 atom stereocenters. The van der Waals surface area contributed by atoms with Crippen LogP contribution in [-0.4, -0.2) is 91.7 Å². The maximum absolute atomic E-state index is 14.4. The molecule has 312 valence electrons. The zero-order valence-corrected chi connectivity index (χ0v) is 40.0. The number of alkyl carbamates (subject to hydrolysis) is 1. The Labute approximate surface area is 335 Å². The fourth-order valence-electron chi connectivity index (χ4n) is 7.68. The van der Waals surface area contributed by atoms with Gasteiger partial charge >= 0.3 is 12.1 Å². The molecule has 0 saturated carbocycles. The van der Waals surface area contributed by atoms with Gasteiger partial charge in [-0.1, -0.05) is 91.8 Å². The van der Waals surface area contributed by atoms with Gasteiger partial charge in [-0.2, -0.15) is 0 Å². The molecule has 1 amide bonds. The lowest BCUT2D eigenvalue weighted by molar-refractivity contribution is -0.199. The monoisotopic (exact) mass is 828 g/mol. The molecular formula is C40H76N2O8SSi3. The summed E-state index contributed by atoms with van der Waals surface area (Å²) in [6.07, 6.45) is -3.29. The summed E-state index contributed by atoms with van der Waals surface area (Å²) < 4.78 is 41.1. The first-order valence-corrected chi connectivity index (χ1v) is 29.1. The molecule has 0 aliphatic carbocycles. The Morgan fingerprint density at radius 3 is 1.76 bits per heavy atom. The summed E-state index contributed by atoms with van der Waals surface area (Å²) in [6.45, 7) is 27.5. The Morgan fingerprint density at radius 1 is 0.852 bits per heavy atom. The second kappa shape index (κ2) is 21.5.